The molecule has 0 saturated heterocycles. The molecule has 2 aromatic carbocycles. The third-order valence-electron chi connectivity index (χ3n) is 4.55. The first kappa shape index (κ1) is 14.6. The Labute approximate surface area is 130 Å². The van der Waals surface area contributed by atoms with E-state index in [1.165, 1.54) is 11.1 Å². The van der Waals surface area contributed by atoms with E-state index in [0.29, 0.717) is 5.75 Å². The first-order valence-corrected chi connectivity index (χ1v) is 7.71. The first-order valence-electron chi connectivity index (χ1n) is 7.71. The molecule has 0 radical (unpaired) electrons. The second-order valence-corrected chi connectivity index (χ2v) is 5.97. The van der Waals surface area contributed by atoms with Gasteiger partial charge in [0.1, 0.15) is 5.75 Å². The number of aryl methyl sites for hydroxylation is 1. The summed E-state index contributed by atoms with van der Waals surface area (Å²) in [5.74, 6) is -0.477. The van der Waals surface area contributed by atoms with Gasteiger partial charge in [-0.25, -0.2) is 0 Å². The molecule has 0 saturated carbocycles. The van der Waals surface area contributed by atoms with Gasteiger partial charge in [0.15, 0.2) is 0 Å². The zero-order chi connectivity index (χ0) is 15.7. The Balaban J connectivity index is 2.14. The summed E-state index contributed by atoms with van der Waals surface area (Å²) in [7, 11) is 0. The van der Waals surface area contributed by atoms with Gasteiger partial charge in [0.2, 0.25) is 0 Å². The van der Waals surface area contributed by atoms with Crippen LogP contribution in [0.3, 0.4) is 0 Å². The van der Waals surface area contributed by atoms with Crippen molar-refractivity contribution in [1.82, 2.24) is 0 Å². The molecule has 0 bridgehead atoms. The Morgan fingerprint density at radius 3 is 2.73 bits per heavy atom. The molecule has 0 spiro atoms. The smallest absolute Gasteiger partial charge is 0.303 e. The fraction of sp³-hybridized carbons (Fsp3) is 0.316. The third kappa shape index (κ3) is 2.71. The van der Waals surface area contributed by atoms with Crippen LogP contribution < -0.4 is 0 Å². The fourth-order valence-corrected chi connectivity index (χ4v) is 3.56. The molecule has 2 N–H and O–H groups in total. The van der Waals surface area contributed by atoms with Gasteiger partial charge in [-0.1, -0.05) is 31.2 Å². The number of aliphatic carboxylic acids is 1. The Hall–Kier alpha value is -2.29. The summed E-state index contributed by atoms with van der Waals surface area (Å²) in [6, 6.07) is 11.7. The molecule has 0 aromatic heterocycles. The van der Waals surface area contributed by atoms with Gasteiger partial charge in [0.05, 0.1) is 6.42 Å². The molecule has 2 aromatic rings. The van der Waals surface area contributed by atoms with Crippen molar-refractivity contribution in [3.63, 3.8) is 0 Å². The molecule has 114 valence electrons. The van der Waals surface area contributed by atoms with Gasteiger partial charge in [-0.05, 0) is 65.1 Å². The minimum atomic E-state index is -0.764. The number of fused-ring (bicyclic) bond motifs is 2. The van der Waals surface area contributed by atoms with Crippen molar-refractivity contribution < 1.29 is 15.0 Å². The standard InChI is InChI=1S/C19H20O3/c1-2-12-8-16(20)9-14-7-13-5-3-4-6-17(13)15(10-18(12)14)11-19(21)22/h3-6,8-9,15,20H,2,7,10-11H2,1H3,(H,21,22)/t15-/m0/s1. The maximum Gasteiger partial charge on any atom is 0.303 e. The van der Waals surface area contributed by atoms with Crippen molar-refractivity contribution in [3.8, 4) is 5.75 Å². The molecular formula is C19H20O3. The fourth-order valence-electron chi connectivity index (χ4n) is 3.56. The molecule has 0 unspecified atom stereocenters. The predicted octanol–water partition coefficient (Wildman–Crippen LogP) is 3.66. The van der Waals surface area contributed by atoms with Crippen LogP contribution in [0.1, 0.15) is 47.1 Å². The largest absolute Gasteiger partial charge is 0.508 e. The number of aromatic hydroxyl groups is 1. The number of phenols is 1. The molecule has 22 heavy (non-hydrogen) atoms. The van der Waals surface area contributed by atoms with E-state index in [9.17, 15) is 15.0 Å². The summed E-state index contributed by atoms with van der Waals surface area (Å²) in [6.45, 7) is 2.07. The van der Waals surface area contributed by atoms with E-state index in [4.69, 9.17) is 0 Å². The van der Waals surface area contributed by atoms with Gasteiger partial charge in [0.25, 0.3) is 0 Å². The average molecular weight is 296 g/mol. The predicted molar refractivity (Wildman–Crippen MR) is 85.4 cm³/mol. The van der Waals surface area contributed by atoms with Crippen molar-refractivity contribution in [3.05, 3.63) is 64.2 Å². The highest BCUT2D eigenvalue weighted by atomic mass is 16.4. The molecule has 1 aliphatic rings. The summed E-state index contributed by atoms with van der Waals surface area (Å²) in [5, 5.41) is 19.2. The van der Waals surface area contributed by atoms with Crippen molar-refractivity contribution in [1.29, 1.82) is 0 Å². The van der Waals surface area contributed by atoms with Gasteiger partial charge < -0.3 is 10.2 Å². The van der Waals surface area contributed by atoms with Crippen LogP contribution in [-0.4, -0.2) is 16.2 Å². The van der Waals surface area contributed by atoms with Crippen molar-refractivity contribution in [2.75, 3.05) is 0 Å². The number of hydrogen-bond acceptors (Lipinski definition) is 2. The van der Waals surface area contributed by atoms with Gasteiger partial charge >= 0.3 is 5.97 Å². The molecule has 1 atom stereocenters. The summed E-state index contributed by atoms with van der Waals surface area (Å²) in [6.07, 6.45) is 2.46. The topological polar surface area (TPSA) is 57.5 Å². The SMILES string of the molecule is CCc1cc(O)cc2c1C[C@@H](CC(=O)O)c1ccccc1C2. The lowest BCUT2D eigenvalue weighted by Crippen LogP contribution is -2.10. The Morgan fingerprint density at radius 1 is 1.23 bits per heavy atom. The molecule has 1 aliphatic carbocycles. The zero-order valence-corrected chi connectivity index (χ0v) is 12.7. The van der Waals surface area contributed by atoms with Crippen LogP contribution in [0.25, 0.3) is 0 Å². The number of carbonyl (C=O) groups is 1. The number of carboxylic acid groups (broad SMARTS) is 1. The monoisotopic (exact) mass is 296 g/mol. The van der Waals surface area contributed by atoms with Gasteiger partial charge in [-0.2, -0.15) is 0 Å². The molecule has 3 heteroatoms. The molecule has 3 nitrogen and oxygen atoms in total. The minimum Gasteiger partial charge on any atom is -0.508 e. The average Bonchev–Trinajstić information content (AvgIpc) is 2.62. The lowest BCUT2D eigenvalue weighted by Gasteiger charge is -2.17. The van der Waals surface area contributed by atoms with Crippen LogP contribution in [0, 0.1) is 0 Å². The van der Waals surface area contributed by atoms with E-state index in [2.05, 4.69) is 13.0 Å². The van der Waals surface area contributed by atoms with Gasteiger partial charge in [-0.15, -0.1) is 0 Å². The Bertz CT molecular complexity index is 719. The number of carboxylic acids is 1. The summed E-state index contributed by atoms with van der Waals surface area (Å²) in [4.78, 5) is 11.3. The van der Waals surface area contributed by atoms with Crippen LogP contribution >= 0.6 is 0 Å². The van der Waals surface area contributed by atoms with Crippen LogP contribution in [-0.2, 0) is 24.1 Å². The van der Waals surface area contributed by atoms with Crippen molar-refractivity contribution in [2.45, 2.75) is 38.5 Å². The Kier molecular flexibility index (Phi) is 3.88. The highest BCUT2D eigenvalue weighted by molar-refractivity contribution is 5.68. The second-order valence-electron chi connectivity index (χ2n) is 5.97. The van der Waals surface area contributed by atoms with Gasteiger partial charge in [-0.3, -0.25) is 4.79 Å². The first-order chi connectivity index (χ1) is 10.6. The number of rotatable bonds is 3. The van der Waals surface area contributed by atoms with E-state index in [1.807, 2.05) is 30.3 Å². The van der Waals surface area contributed by atoms with Crippen LogP contribution in [0.15, 0.2) is 36.4 Å². The molecule has 0 heterocycles. The van der Waals surface area contributed by atoms with Crippen LogP contribution in [0.4, 0.5) is 0 Å². The molecule has 0 aliphatic heterocycles. The van der Waals surface area contributed by atoms with E-state index in [0.717, 1.165) is 36.0 Å². The lowest BCUT2D eigenvalue weighted by atomic mass is 9.87. The maximum absolute atomic E-state index is 11.3. The van der Waals surface area contributed by atoms with Crippen molar-refractivity contribution >= 4 is 5.97 Å². The van der Waals surface area contributed by atoms with Crippen LogP contribution in [0.2, 0.25) is 0 Å². The zero-order valence-electron chi connectivity index (χ0n) is 12.7. The Morgan fingerprint density at radius 2 is 2.00 bits per heavy atom. The van der Waals surface area contributed by atoms with Crippen molar-refractivity contribution in [2.24, 2.45) is 0 Å². The van der Waals surface area contributed by atoms with Gasteiger partial charge in [0, 0.05) is 0 Å². The van der Waals surface area contributed by atoms with E-state index < -0.39 is 5.97 Å². The van der Waals surface area contributed by atoms with Crippen LogP contribution in [0.5, 0.6) is 5.75 Å². The highest BCUT2D eigenvalue weighted by Crippen LogP contribution is 2.37. The quantitative estimate of drug-likeness (QED) is 0.908. The van der Waals surface area contributed by atoms with E-state index in [1.54, 1.807) is 0 Å². The lowest BCUT2D eigenvalue weighted by molar-refractivity contribution is -0.137. The third-order valence-corrected chi connectivity index (χ3v) is 4.55. The van der Waals surface area contributed by atoms with E-state index in [-0.39, 0.29) is 12.3 Å². The normalized spacial score (nSPS) is 16.5. The number of phenolic OH excluding ortho intramolecular Hbond substituents is 1. The molecule has 0 amide bonds. The number of hydrogen-bond donors (Lipinski definition) is 2. The minimum absolute atomic E-state index is 0.00945. The summed E-state index contributed by atoms with van der Waals surface area (Å²) >= 11 is 0. The maximum atomic E-state index is 11.3. The summed E-state index contributed by atoms with van der Waals surface area (Å²) in [5.41, 5.74) is 5.75. The molecular weight excluding hydrogens is 276 g/mol. The molecule has 3 rings (SSSR count). The summed E-state index contributed by atoms with van der Waals surface area (Å²) < 4.78 is 0. The molecule has 0 fully saturated rings. The number of benzene rings is 2. The highest BCUT2D eigenvalue weighted by Gasteiger charge is 2.25. The second kappa shape index (κ2) is 5.84. The van der Waals surface area contributed by atoms with E-state index >= 15 is 0 Å².